The number of fused-ring (bicyclic) bond motifs is 1. The highest BCUT2D eigenvalue weighted by Gasteiger charge is 2.23. The van der Waals surface area contributed by atoms with Crippen molar-refractivity contribution in [2.24, 2.45) is 5.73 Å². The molecule has 2 heterocycles. The van der Waals surface area contributed by atoms with Gasteiger partial charge in [-0.25, -0.2) is 4.98 Å². The van der Waals surface area contributed by atoms with Crippen LogP contribution in [0, 0.1) is 0 Å². The van der Waals surface area contributed by atoms with Crippen LogP contribution < -0.4 is 10.5 Å². The molecule has 0 aliphatic carbocycles. The molecule has 1 aliphatic heterocycles. The molecule has 94 valence electrons. The third-order valence-corrected chi connectivity index (χ3v) is 3.49. The van der Waals surface area contributed by atoms with Gasteiger partial charge in [-0.3, -0.25) is 0 Å². The Kier molecular flexibility index (Phi) is 2.80. The molecular weight excluding hydrogens is 226 g/mol. The topological polar surface area (TPSA) is 53.1 Å². The standard InChI is InChI=1S/C14H17N3O/c1-18-12-7-3-2-5-10(12)14-11-6-4-8-17(11)13(9-15)16-14/h2-3,5,7H,4,6,8-9,15H2,1H3. The van der Waals surface area contributed by atoms with Crippen molar-refractivity contribution >= 4 is 0 Å². The van der Waals surface area contributed by atoms with E-state index in [4.69, 9.17) is 10.5 Å². The molecule has 4 heteroatoms. The summed E-state index contributed by atoms with van der Waals surface area (Å²) in [5, 5.41) is 0. The molecule has 4 nitrogen and oxygen atoms in total. The van der Waals surface area contributed by atoms with Gasteiger partial charge in [0.25, 0.3) is 0 Å². The number of imidazole rings is 1. The Morgan fingerprint density at radius 2 is 2.22 bits per heavy atom. The Hall–Kier alpha value is -1.81. The second-order valence-electron chi connectivity index (χ2n) is 4.48. The summed E-state index contributed by atoms with van der Waals surface area (Å²) in [6.07, 6.45) is 2.24. The second-order valence-corrected chi connectivity index (χ2v) is 4.48. The monoisotopic (exact) mass is 243 g/mol. The molecule has 0 fully saturated rings. The summed E-state index contributed by atoms with van der Waals surface area (Å²) in [5.74, 6) is 1.84. The van der Waals surface area contributed by atoms with E-state index in [-0.39, 0.29) is 0 Å². The number of methoxy groups -OCH3 is 1. The molecule has 0 atom stereocenters. The summed E-state index contributed by atoms with van der Waals surface area (Å²) in [5.41, 5.74) is 9.16. The van der Waals surface area contributed by atoms with E-state index in [1.54, 1.807) is 7.11 Å². The molecular formula is C14H17N3O. The van der Waals surface area contributed by atoms with Crippen molar-refractivity contribution in [1.29, 1.82) is 0 Å². The molecule has 0 unspecified atom stereocenters. The number of benzene rings is 1. The number of nitrogens with zero attached hydrogens (tertiary/aromatic N) is 2. The van der Waals surface area contributed by atoms with Gasteiger partial charge in [0.1, 0.15) is 11.6 Å². The number of hydrogen-bond donors (Lipinski definition) is 1. The van der Waals surface area contributed by atoms with E-state index in [0.29, 0.717) is 6.54 Å². The molecule has 0 saturated heterocycles. The van der Waals surface area contributed by atoms with Crippen LogP contribution >= 0.6 is 0 Å². The minimum atomic E-state index is 0.488. The number of aromatic nitrogens is 2. The molecule has 0 saturated carbocycles. The maximum atomic E-state index is 5.77. The lowest BCUT2D eigenvalue weighted by atomic mass is 10.1. The van der Waals surface area contributed by atoms with Gasteiger partial charge in [0.15, 0.2) is 0 Å². The highest BCUT2D eigenvalue weighted by atomic mass is 16.5. The first kappa shape index (κ1) is 11.3. The predicted octanol–water partition coefficient (Wildman–Crippen LogP) is 1.96. The summed E-state index contributed by atoms with van der Waals surface area (Å²) < 4.78 is 7.67. The molecule has 1 aromatic carbocycles. The van der Waals surface area contributed by atoms with Crippen LogP contribution in [0.5, 0.6) is 5.75 Å². The van der Waals surface area contributed by atoms with E-state index in [2.05, 4.69) is 15.6 Å². The molecule has 0 bridgehead atoms. The number of para-hydroxylation sites is 1. The summed E-state index contributed by atoms with van der Waals surface area (Å²) in [6.45, 7) is 1.52. The Bertz CT molecular complexity index is 574. The molecule has 0 amide bonds. The molecule has 0 radical (unpaired) electrons. The number of nitrogens with two attached hydrogens (primary N) is 1. The molecule has 3 rings (SSSR count). The van der Waals surface area contributed by atoms with Gasteiger partial charge in [0.2, 0.25) is 0 Å². The lowest BCUT2D eigenvalue weighted by Crippen LogP contribution is -2.06. The van der Waals surface area contributed by atoms with E-state index in [0.717, 1.165) is 35.8 Å². The van der Waals surface area contributed by atoms with Crippen molar-refractivity contribution in [1.82, 2.24) is 9.55 Å². The first-order valence-electron chi connectivity index (χ1n) is 6.27. The Morgan fingerprint density at radius 3 is 3.00 bits per heavy atom. The van der Waals surface area contributed by atoms with Crippen molar-refractivity contribution < 1.29 is 4.74 Å². The van der Waals surface area contributed by atoms with E-state index < -0.39 is 0 Å². The quantitative estimate of drug-likeness (QED) is 0.896. The van der Waals surface area contributed by atoms with E-state index in [1.165, 1.54) is 12.1 Å². The maximum Gasteiger partial charge on any atom is 0.128 e. The zero-order chi connectivity index (χ0) is 12.5. The third-order valence-electron chi connectivity index (χ3n) is 3.49. The molecule has 0 spiro atoms. The first-order valence-corrected chi connectivity index (χ1v) is 6.27. The predicted molar refractivity (Wildman–Crippen MR) is 70.4 cm³/mol. The van der Waals surface area contributed by atoms with E-state index >= 15 is 0 Å². The zero-order valence-corrected chi connectivity index (χ0v) is 10.5. The SMILES string of the molecule is COc1ccccc1-c1nc(CN)n2c1CCC2. The smallest absolute Gasteiger partial charge is 0.128 e. The third kappa shape index (κ3) is 1.61. The number of hydrogen-bond acceptors (Lipinski definition) is 3. The molecule has 1 aromatic heterocycles. The van der Waals surface area contributed by atoms with Crippen molar-refractivity contribution in [2.45, 2.75) is 25.9 Å². The van der Waals surface area contributed by atoms with Gasteiger partial charge >= 0.3 is 0 Å². The van der Waals surface area contributed by atoms with E-state index in [9.17, 15) is 0 Å². The average Bonchev–Trinajstić information content (AvgIpc) is 3.00. The fraction of sp³-hybridized carbons (Fsp3) is 0.357. The van der Waals surface area contributed by atoms with Crippen LogP contribution in [0.2, 0.25) is 0 Å². The Labute approximate surface area is 106 Å². The van der Waals surface area contributed by atoms with Crippen molar-refractivity contribution in [2.75, 3.05) is 7.11 Å². The van der Waals surface area contributed by atoms with Crippen LogP contribution in [0.25, 0.3) is 11.3 Å². The fourth-order valence-electron chi connectivity index (χ4n) is 2.67. The van der Waals surface area contributed by atoms with Gasteiger partial charge in [-0.1, -0.05) is 12.1 Å². The van der Waals surface area contributed by atoms with Gasteiger partial charge in [-0.15, -0.1) is 0 Å². The van der Waals surface area contributed by atoms with Crippen LogP contribution in [-0.4, -0.2) is 16.7 Å². The van der Waals surface area contributed by atoms with Gasteiger partial charge in [-0.2, -0.15) is 0 Å². The van der Waals surface area contributed by atoms with Crippen LogP contribution in [0.4, 0.5) is 0 Å². The van der Waals surface area contributed by atoms with Gasteiger partial charge in [0.05, 0.1) is 19.3 Å². The first-order chi connectivity index (χ1) is 8.85. The fourth-order valence-corrected chi connectivity index (χ4v) is 2.67. The summed E-state index contributed by atoms with van der Waals surface area (Å²) in [4.78, 5) is 4.69. The van der Waals surface area contributed by atoms with Crippen molar-refractivity contribution in [3.05, 3.63) is 35.8 Å². The zero-order valence-electron chi connectivity index (χ0n) is 10.5. The van der Waals surface area contributed by atoms with Gasteiger partial charge in [0, 0.05) is 17.8 Å². The minimum absolute atomic E-state index is 0.488. The van der Waals surface area contributed by atoms with Crippen molar-refractivity contribution in [3.63, 3.8) is 0 Å². The summed E-state index contributed by atoms with van der Waals surface area (Å²) in [7, 11) is 1.69. The highest BCUT2D eigenvalue weighted by Crippen LogP contribution is 2.34. The lowest BCUT2D eigenvalue weighted by Gasteiger charge is -2.06. The summed E-state index contributed by atoms with van der Waals surface area (Å²) >= 11 is 0. The molecule has 18 heavy (non-hydrogen) atoms. The Morgan fingerprint density at radius 1 is 1.39 bits per heavy atom. The molecule has 2 N–H and O–H groups in total. The van der Waals surface area contributed by atoms with Crippen LogP contribution in [0.1, 0.15) is 17.9 Å². The minimum Gasteiger partial charge on any atom is -0.496 e. The van der Waals surface area contributed by atoms with Gasteiger partial charge in [-0.05, 0) is 25.0 Å². The van der Waals surface area contributed by atoms with Crippen molar-refractivity contribution in [3.8, 4) is 17.0 Å². The maximum absolute atomic E-state index is 5.77. The van der Waals surface area contributed by atoms with Crippen LogP contribution in [0.15, 0.2) is 24.3 Å². The lowest BCUT2D eigenvalue weighted by molar-refractivity contribution is 0.416. The summed E-state index contributed by atoms with van der Waals surface area (Å²) in [6, 6.07) is 8.02. The number of rotatable bonds is 3. The second kappa shape index (κ2) is 4.46. The van der Waals surface area contributed by atoms with Crippen LogP contribution in [-0.2, 0) is 19.5 Å². The number of ether oxygens (including phenoxy) is 1. The highest BCUT2D eigenvalue weighted by molar-refractivity contribution is 5.70. The molecule has 1 aliphatic rings. The largest absolute Gasteiger partial charge is 0.496 e. The normalized spacial score (nSPS) is 13.7. The van der Waals surface area contributed by atoms with Crippen LogP contribution in [0.3, 0.4) is 0 Å². The molecule has 2 aromatic rings. The van der Waals surface area contributed by atoms with E-state index in [1.807, 2.05) is 18.2 Å². The van der Waals surface area contributed by atoms with Gasteiger partial charge < -0.3 is 15.0 Å². The Balaban J connectivity index is 2.17. The average molecular weight is 243 g/mol.